The molecule has 1 aliphatic rings. The van der Waals surface area contributed by atoms with Crippen LogP contribution in [0.4, 0.5) is 0 Å². The maximum atomic E-state index is 12.1. The van der Waals surface area contributed by atoms with E-state index in [1.807, 2.05) is 30.3 Å². The molecule has 0 spiro atoms. The van der Waals surface area contributed by atoms with Gasteiger partial charge in [-0.05, 0) is 31.9 Å². The molecule has 5 heteroatoms. The van der Waals surface area contributed by atoms with E-state index in [9.17, 15) is 9.59 Å². The fraction of sp³-hybridized carbons (Fsp3) is 0.556. The summed E-state index contributed by atoms with van der Waals surface area (Å²) in [4.78, 5) is 25.0. The van der Waals surface area contributed by atoms with Gasteiger partial charge in [-0.3, -0.25) is 9.59 Å². The van der Waals surface area contributed by atoms with Crippen LogP contribution in [-0.4, -0.2) is 29.8 Å². The summed E-state index contributed by atoms with van der Waals surface area (Å²) >= 11 is 1.41. The number of hydrogen-bond donors (Lipinski definition) is 1. The van der Waals surface area contributed by atoms with Gasteiger partial charge in [-0.25, -0.2) is 0 Å². The summed E-state index contributed by atoms with van der Waals surface area (Å²) in [5, 5.41) is 3.01. The number of ether oxygens (including phenoxy) is 1. The second-order valence-corrected chi connectivity index (χ2v) is 6.98. The molecule has 0 bridgehead atoms. The largest absolute Gasteiger partial charge is 0.452 e. The van der Waals surface area contributed by atoms with Crippen molar-refractivity contribution in [3.8, 4) is 0 Å². The molecule has 126 valence electrons. The Bertz CT molecular complexity index is 498. The van der Waals surface area contributed by atoms with Crippen molar-refractivity contribution in [3.05, 3.63) is 30.3 Å². The number of thioether (sulfide) groups is 1. The van der Waals surface area contributed by atoms with Gasteiger partial charge >= 0.3 is 5.97 Å². The minimum Gasteiger partial charge on any atom is -0.452 e. The van der Waals surface area contributed by atoms with Crippen molar-refractivity contribution in [2.24, 2.45) is 0 Å². The molecule has 1 amide bonds. The summed E-state index contributed by atoms with van der Waals surface area (Å²) in [6.45, 7) is 1.64. The van der Waals surface area contributed by atoms with Crippen LogP contribution in [0.2, 0.25) is 0 Å². The molecule has 0 aromatic heterocycles. The van der Waals surface area contributed by atoms with Crippen LogP contribution < -0.4 is 5.32 Å². The van der Waals surface area contributed by atoms with Gasteiger partial charge in [0.2, 0.25) is 0 Å². The summed E-state index contributed by atoms with van der Waals surface area (Å²) in [6.07, 6.45) is 6.12. The van der Waals surface area contributed by atoms with Crippen molar-refractivity contribution in [1.82, 2.24) is 5.32 Å². The zero-order chi connectivity index (χ0) is 16.5. The Morgan fingerprint density at radius 2 is 1.83 bits per heavy atom. The van der Waals surface area contributed by atoms with Crippen molar-refractivity contribution in [2.45, 2.75) is 62.5 Å². The lowest BCUT2D eigenvalue weighted by Gasteiger charge is -2.19. The third-order valence-electron chi connectivity index (χ3n) is 3.98. The minimum absolute atomic E-state index is 0.185. The molecule has 1 aromatic rings. The van der Waals surface area contributed by atoms with Gasteiger partial charge in [0.25, 0.3) is 5.91 Å². The molecule has 0 heterocycles. The van der Waals surface area contributed by atoms with Gasteiger partial charge in [0.05, 0.1) is 5.75 Å². The van der Waals surface area contributed by atoms with E-state index >= 15 is 0 Å². The van der Waals surface area contributed by atoms with Crippen LogP contribution in [-0.2, 0) is 14.3 Å². The molecular formula is C18H25NO3S. The Hall–Kier alpha value is -1.49. The Labute approximate surface area is 142 Å². The van der Waals surface area contributed by atoms with Crippen LogP contribution in [0.5, 0.6) is 0 Å². The van der Waals surface area contributed by atoms with Gasteiger partial charge in [-0.2, -0.15) is 0 Å². The van der Waals surface area contributed by atoms with E-state index in [-0.39, 0.29) is 23.7 Å². The third kappa shape index (κ3) is 6.65. The molecule has 1 saturated carbocycles. The highest BCUT2D eigenvalue weighted by molar-refractivity contribution is 8.00. The molecule has 1 aliphatic carbocycles. The quantitative estimate of drug-likeness (QED) is 0.491. The van der Waals surface area contributed by atoms with E-state index < -0.39 is 6.10 Å². The normalized spacial score (nSPS) is 17.1. The number of esters is 1. The molecule has 2 rings (SSSR count). The number of nitrogens with one attached hydrogen (secondary N) is 1. The maximum absolute atomic E-state index is 12.1. The number of carbonyl (C=O) groups is 2. The second-order valence-electron chi connectivity index (χ2n) is 5.93. The van der Waals surface area contributed by atoms with Crippen LogP contribution in [0.3, 0.4) is 0 Å². The topological polar surface area (TPSA) is 55.4 Å². The lowest BCUT2D eigenvalue weighted by atomic mass is 10.1. The highest BCUT2D eigenvalue weighted by Crippen LogP contribution is 2.18. The summed E-state index contributed by atoms with van der Waals surface area (Å²) in [5.74, 6) is -0.331. The van der Waals surface area contributed by atoms with Crippen LogP contribution in [0.1, 0.15) is 45.4 Å². The van der Waals surface area contributed by atoms with Gasteiger partial charge in [-0.1, -0.05) is 43.9 Å². The Morgan fingerprint density at radius 1 is 1.17 bits per heavy atom. The van der Waals surface area contributed by atoms with Gasteiger partial charge in [0.15, 0.2) is 6.10 Å². The maximum Gasteiger partial charge on any atom is 0.317 e. The summed E-state index contributed by atoms with van der Waals surface area (Å²) in [7, 11) is 0. The highest BCUT2D eigenvalue weighted by Gasteiger charge is 2.21. The first kappa shape index (κ1) is 17.9. The van der Waals surface area contributed by atoms with Gasteiger partial charge < -0.3 is 10.1 Å². The lowest BCUT2D eigenvalue weighted by molar-refractivity contribution is -0.152. The zero-order valence-corrected chi connectivity index (χ0v) is 14.4. The summed E-state index contributed by atoms with van der Waals surface area (Å²) in [6, 6.07) is 9.90. The van der Waals surface area contributed by atoms with Gasteiger partial charge in [-0.15, -0.1) is 11.8 Å². The molecule has 1 aromatic carbocycles. The highest BCUT2D eigenvalue weighted by atomic mass is 32.2. The van der Waals surface area contributed by atoms with E-state index in [1.54, 1.807) is 6.92 Å². The monoisotopic (exact) mass is 335 g/mol. The Balaban J connectivity index is 1.70. The zero-order valence-electron chi connectivity index (χ0n) is 13.6. The number of carbonyl (C=O) groups excluding carboxylic acids is 2. The Kier molecular flexibility index (Phi) is 7.46. The molecule has 0 radical (unpaired) electrons. The molecular weight excluding hydrogens is 310 g/mol. The molecule has 4 nitrogen and oxygen atoms in total. The molecule has 0 saturated heterocycles. The number of amides is 1. The lowest BCUT2D eigenvalue weighted by Crippen LogP contribution is -2.42. The summed E-state index contributed by atoms with van der Waals surface area (Å²) < 4.78 is 5.23. The standard InChI is InChI=1S/C18H25NO3S/c1-14(18(21)19-15-9-5-2-3-6-10-15)22-17(20)13-23-16-11-7-4-8-12-16/h4,7-8,11-12,14-15H,2-3,5-6,9-10,13H2,1H3,(H,19,21)/t14-/m1/s1. The number of benzene rings is 1. The average Bonchev–Trinajstić information content (AvgIpc) is 2.82. The van der Waals surface area contributed by atoms with Crippen molar-refractivity contribution < 1.29 is 14.3 Å². The first-order valence-electron chi connectivity index (χ1n) is 8.33. The van der Waals surface area contributed by atoms with Crippen LogP contribution >= 0.6 is 11.8 Å². The second kappa shape index (κ2) is 9.60. The van der Waals surface area contributed by atoms with Gasteiger partial charge in [0, 0.05) is 10.9 Å². The molecule has 1 N–H and O–H groups in total. The first-order valence-corrected chi connectivity index (χ1v) is 9.31. The number of hydrogen-bond acceptors (Lipinski definition) is 4. The Morgan fingerprint density at radius 3 is 2.48 bits per heavy atom. The van der Waals surface area contributed by atoms with Crippen LogP contribution in [0.15, 0.2) is 35.2 Å². The van der Waals surface area contributed by atoms with E-state index in [4.69, 9.17) is 4.74 Å². The minimum atomic E-state index is -0.734. The van der Waals surface area contributed by atoms with Crippen LogP contribution in [0, 0.1) is 0 Å². The van der Waals surface area contributed by atoms with E-state index in [0.29, 0.717) is 0 Å². The first-order chi connectivity index (χ1) is 11.1. The fourth-order valence-electron chi connectivity index (χ4n) is 2.69. The molecule has 1 fully saturated rings. The third-order valence-corrected chi connectivity index (χ3v) is 4.96. The smallest absolute Gasteiger partial charge is 0.317 e. The molecule has 0 unspecified atom stereocenters. The molecule has 23 heavy (non-hydrogen) atoms. The average molecular weight is 335 g/mol. The summed E-state index contributed by atoms with van der Waals surface area (Å²) in [5.41, 5.74) is 0. The molecule has 0 aliphatic heterocycles. The number of rotatable bonds is 6. The van der Waals surface area contributed by atoms with E-state index in [1.165, 1.54) is 24.6 Å². The predicted molar refractivity (Wildman–Crippen MR) is 92.4 cm³/mol. The predicted octanol–water partition coefficient (Wildman–Crippen LogP) is 3.55. The van der Waals surface area contributed by atoms with Crippen molar-refractivity contribution in [3.63, 3.8) is 0 Å². The van der Waals surface area contributed by atoms with Crippen LogP contribution in [0.25, 0.3) is 0 Å². The van der Waals surface area contributed by atoms with Crippen molar-refractivity contribution in [2.75, 3.05) is 5.75 Å². The van der Waals surface area contributed by atoms with Gasteiger partial charge in [0.1, 0.15) is 0 Å². The van der Waals surface area contributed by atoms with E-state index in [0.717, 1.165) is 30.6 Å². The molecule has 1 atom stereocenters. The van der Waals surface area contributed by atoms with E-state index in [2.05, 4.69) is 5.32 Å². The fourth-order valence-corrected chi connectivity index (χ4v) is 3.39. The van der Waals surface area contributed by atoms with Crippen molar-refractivity contribution in [1.29, 1.82) is 0 Å². The SMILES string of the molecule is C[C@@H](OC(=O)CSc1ccccc1)C(=O)NC1CCCCCC1. The van der Waals surface area contributed by atoms with Crippen molar-refractivity contribution >= 4 is 23.6 Å².